The molecule has 0 saturated carbocycles. The van der Waals surface area contributed by atoms with E-state index in [0.29, 0.717) is 37.0 Å². The van der Waals surface area contributed by atoms with E-state index in [2.05, 4.69) is 28.8 Å². The summed E-state index contributed by atoms with van der Waals surface area (Å²) >= 11 is 0. The van der Waals surface area contributed by atoms with Gasteiger partial charge < -0.3 is 14.3 Å². The van der Waals surface area contributed by atoms with Crippen LogP contribution in [0.5, 0.6) is 0 Å². The number of hydrogen-bond acceptors (Lipinski definition) is 8. The van der Waals surface area contributed by atoms with E-state index in [0.717, 1.165) is 50.9 Å². The number of imide groups is 1. The molecule has 1 fully saturated rings. The molecule has 10 heteroatoms. The Bertz CT molecular complexity index is 1090. The van der Waals surface area contributed by atoms with Crippen molar-refractivity contribution in [1.29, 1.82) is 0 Å². The molecule has 2 aromatic rings. The van der Waals surface area contributed by atoms with Gasteiger partial charge in [0.25, 0.3) is 5.91 Å². The van der Waals surface area contributed by atoms with Gasteiger partial charge in [-0.25, -0.2) is 8.42 Å². The van der Waals surface area contributed by atoms with Gasteiger partial charge in [-0.05, 0) is 69.9 Å². The van der Waals surface area contributed by atoms with Crippen LogP contribution in [-0.4, -0.2) is 91.7 Å². The van der Waals surface area contributed by atoms with E-state index in [1.165, 1.54) is 23.4 Å². The standard InChI is InChI=1S/C26H38N4O5S/c1-4-14-29(21(2)20-22-7-9-23(10-8-22)36(3,33)34)16-6-5-15-28-17-12-25(31)30(19-18-28)26(32)24-11-13-27-35-24/h7-11,13,21H,4-6,12,14-20H2,1-3H3. The van der Waals surface area contributed by atoms with Gasteiger partial charge in [-0.15, -0.1) is 0 Å². The average Bonchev–Trinajstić information content (AvgIpc) is 3.32. The molecule has 198 valence electrons. The summed E-state index contributed by atoms with van der Waals surface area (Å²) in [5.74, 6) is -0.505. The molecule has 1 atom stereocenters. The molecule has 1 unspecified atom stereocenters. The summed E-state index contributed by atoms with van der Waals surface area (Å²) in [7, 11) is -3.18. The van der Waals surface area contributed by atoms with Gasteiger partial charge in [0.15, 0.2) is 9.84 Å². The van der Waals surface area contributed by atoms with Crippen LogP contribution in [0.4, 0.5) is 0 Å². The number of aromatic nitrogens is 1. The molecule has 0 radical (unpaired) electrons. The predicted octanol–water partition coefficient (Wildman–Crippen LogP) is 2.88. The monoisotopic (exact) mass is 518 g/mol. The van der Waals surface area contributed by atoms with Gasteiger partial charge in [-0.2, -0.15) is 0 Å². The summed E-state index contributed by atoms with van der Waals surface area (Å²) in [5.41, 5.74) is 1.13. The van der Waals surface area contributed by atoms with Gasteiger partial charge >= 0.3 is 0 Å². The largest absolute Gasteiger partial charge is 0.351 e. The maximum Gasteiger partial charge on any atom is 0.299 e. The molecule has 1 aliphatic heterocycles. The van der Waals surface area contributed by atoms with Crippen molar-refractivity contribution < 1.29 is 22.5 Å². The van der Waals surface area contributed by atoms with Gasteiger partial charge in [0.1, 0.15) is 0 Å². The quantitative estimate of drug-likeness (QED) is 0.312. The molecule has 1 aliphatic rings. The summed E-state index contributed by atoms with van der Waals surface area (Å²) in [6, 6.07) is 9.02. The Balaban J connectivity index is 1.44. The average molecular weight is 519 g/mol. The first-order valence-electron chi connectivity index (χ1n) is 12.7. The molecule has 1 saturated heterocycles. The first-order chi connectivity index (χ1) is 17.2. The number of rotatable bonds is 12. The van der Waals surface area contributed by atoms with Gasteiger partial charge in [0.2, 0.25) is 11.7 Å². The number of carbonyl (C=O) groups is 2. The second-order valence-corrected chi connectivity index (χ2v) is 11.5. The number of benzene rings is 1. The van der Waals surface area contributed by atoms with Crippen molar-refractivity contribution in [1.82, 2.24) is 19.9 Å². The maximum absolute atomic E-state index is 12.5. The fraction of sp³-hybridized carbons (Fsp3) is 0.577. The highest BCUT2D eigenvalue weighted by atomic mass is 32.2. The Labute approximate surface area is 214 Å². The van der Waals surface area contributed by atoms with Gasteiger partial charge in [-0.3, -0.25) is 14.5 Å². The lowest BCUT2D eigenvalue weighted by Gasteiger charge is -2.29. The number of nitrogens with zero attached hydrogens (tertiary/aromatic N) is 4. The van der Waals surface area contributed by atoms with E-state index in [4.69, 9.17) is 4.52 Å². The summed E-state index contributed by atoms with van der Waals surface area (Å²) < 4.78 is 28.3. The Hall–Kier alpha value is -2.56. The lowest BCUT2D eigenvalue weighted by Crippen LogP contribution is -2.38. The van der Waals surface area contributed by atoms with Crippen molar-refractivity contribution in [3.8, 4) is 0 Å². The third kappa shape index (κ3) is 7.97. The number of hydrogen-bond donors (Lipinski definition) is 0. The Morgan fingerprint density at radius 1 is 1.11 bits per heavy atom. The summed E-state index contributed by atoms with van der Waals surface area (Å²) in [4.78, 5) is 31.3. The molecule has 1 aromatic carbocycles. The van der Waals surface area contributed by atoms with Crippen molar-refractivity contribution >= 4 is 21.7 Å². The van der Waals surface area contributed by atoms with E-state index in [1.807, 2.05) is 12.1 Å². The molecule has 2 amide bonds. The van der Waals surface area contributed by atoms with E-state index in [1.54, 1.807) is 12.1 Å². The van der Waals surface area contributed by atoms with Crippen LogP contribution in [0.1, 0.15) is 55.6 Å². The lowest BCUT2D eigenvalue weighted by molar-refractivity contribution is -0.128. The first-order valence-corrected chi connectivity index (χ1v) is 14.6. The molecular formula is C26H38N4O5S. The zero-order valence-electron chi connectivity index (χ0n) is 21.6. The van der Waals surface area contributed by atoms with Crippen LogP contribution in [-0.2, 0) is 21.1 Å². The minimum atomic E-state index is -3.18. The second-order valence-electron chi connectivity index (χ2n) is 9.53. The molecule has 0 N–H and O–H groups in total. The maximum atomic E-state index is 12.5. The van der Waals surface area contributed by atoms with Crippen molar-refractivity contribution in [3.63, 3.8) is 0 Å². The van der Waals surface area contributed by atoms with Crippen LogP contribution in [0.25, 0.3) is 0 Å². The minimum absolute atomic E-state index is 0.0910. The van der Waals surface area contributed by atoms with Crippen molar-refractivity contribution in [2.45, 2.75) is 56.9 Å². The highest BCUT2D eigenvalue weighted by Gasteiger charge is 2.28. The van der Waals surface area contributed by atoms with Gasteiger partial charge in [0, 0.05) is 44.4 Å². The SMILES string of the molecule is CCCN(CCCCN1CCC(=O)N(C(=O)c2ccno2)CC1)C(C)Cc1ccc(S(C)(=O)=O)cc1. The molecule has 0 aliphatic carbocycles. The number of sulfone groups is 1. The van der Waals surface area contributed by atoms with Crippen LogP contribution in [0, 0.1) is 0 Å². The fourth-order valence-electron chi connectivity index (χ4n) is 4.60. The third-order valence-electron chi connectivity index (χ3n) is 6.66. The molecule has 9 nitrogen and oxygen atoms in total. The van der Waals surface area contributed by atoms with Gasteiger partial charge in [0.05, 0.1) is 11.1 Å². The normalized spacial score (nSPS) is 16.3. The second kappa shape index (κ2) is 13.1. The minimum Gasteiger partial charge on any atom is -0.351 e. The Kier molecular flexibility index (Phi) is 10.2. The summed E-state index contributed by atoms with van der Waals surface area (Å²) in [6.45, 7) is 8.95. The molecule has 2 heterocycles. The Morgan fingerprint density at radius 3 is 2.50 bits per heavy atom. The molecule has 0 spiro atoms. The Morgan fingerprint density at radius 2 is 1.86 bits per heavy atom. The third-order valence-corrected chi connectivity index (χ3v) is 7.79. The van der Waals surface area contributed by atoms with Crippen molar-refractivity contribution in [2.75, 3.05) is 45.5 Å². The number of amides is 2. The van der Waals surface area contributed by atoms with Crippen molar-refractivity contribution in [2.24, 2.45) is 0 Å². The highest BCUT2D eigenvalue weighted by Crippen LogP contribution is 2.15. The topological polar surface area (TPSA) is 104 Å². The van der Waals surface area contributed by atoms with Gasteiger partial charge in [-0.1, -0.05) is 24.2 Å². The molecule has 3 rings (SSSR count). The zero-order valence-corrected chi connectivity index (χ0v) is 22.4. The van der Waals surface area contributed by atoms with E-state index in [-0.39, 0.29) is 11.7 Å². The predicted molar refractivity (Wildman–Crippen MR) is 137 cm³/mol. The molecule has 36 heavy (non-hydrogen) atoms. The zero-order chi connectivity index (χ0) is 26.1. The van der Waals surface area contributed by atoms with E-state index in [9.17, 15) is 18.0 Å². The van der Waals surface area contributed by atoms with Crippen LogP contribution in [0.15, 0.2) is 45.9 Å². The number of carbonyl (C=O) groups excluding carboxylic acids is 2. The number of unbranched alkanes of at least 4 members (excludes halogenated alkanes) is 1. The highest BCUT2D eigenvalue weighted by molar-refractivity contribution is 7.90. The lowest BCUT2D eigenvalue weighted by atomic mass is 10.1. The van der Waals surface area contributed by atoms with Crippen LogP contribution in [0.2, 0.25) is 0 Å². The summed E-state index contributed by atoms with van der Waals surface area (Å²) in [6.07, 6.45) is 6.94. The molecule has 1 aromatic heterocycles. The molecule has 0 bridgehead atoms. The van der Waals surface area contributed by atoms with Crippen molar-refractivity contribution in [3.05, 3.63) is 47.9 Å². The fourth-order valence-corrected chi connectivity index (χ4v) is 5.23. The van der Waals surface area contributed by atoms with Crippen LogP contribution < -0.4 is 0 Å². The van der Waals surface area contributed by atoms with Crippen LogP contribution >= 0.6 is 0 Å². The van der Waals surface area contributed by atoms with Crippen LogP contribution in [0.3, 0.4) is 0 Å². The van der Waals surface area contributed by atoms with E-state index >= 15 is 0 Å². The summed E-state index contributed by atoms with van der Waals surface area (Å²) in [5, 5.41) is 3.56. The molecular weight excluding hydrogens is 480 g/mol. The first kappa shape index (κ1) is 28.0. The smallest absolute Gasteiger partial charge is 0.299 e. The van der Waals surface area contributed by atoms with E-state index < -0.39 is 15.7 Å².